The molecule has 1 aliphatic heterocycles. The zero-order valence-electron chi connectivity index (χ0n) is 18.5. The minimum atomic E-state index is -0.515. The number of nitrogens with zero attached hydrogens (tertiary/aromatic N) is 2. The molecule has 1 fully saturated rings. The fourth-order valence-corrected chi connectivity index (χ4v) is 4.76. The summed E-state index contributed by atoms with van der Waals surface area (Å²) in [5.41, 5.74) is 0.985. The number of furan rings is 1. The Hall–Kier alpha value is -4.37. The minimum Gasteiger partial charge on any atom is -0.497 e. The van der Waals surface area contributed by atoms with Gasteiger partial charge in [0.15, 0.2) is 0 Å². The summed E-state index contributed by atoms with van der Waals surface area (Å²) in [6, 6.07) is 21.2. The summed E-state index contributed by atoms with van der Waals surface area (Å²) in [7, 11) is 1.43. The second-order valence-electron chi connectivity index (χ2n) is 7.75. The van der Waals surface area contributed by atoms with Gasteiger partial charge in [-0.2, -0.15) is 0 Å². The molecule has 2 heterocycles. The molecule has 3 aromatic carbocycles. The van der Waals surface area contributed by atoms with Crippen LogP contribution in [0, 0.1) is 10.1 Å². The molecule has 0 unspecified atom stereocenters. The number of benzene rings is 3. The molecule has 0 saturated carbocycles. The molecule has 0 atom stereocenters. The second-order valence-corrected chi connectivity index (χ2v) is 8.74. The topological polar surface area (TPSA) is 103 Å². The Kier molecular flexibility index (Phi) is 5.84. The highest BCUT2D eigenvalue weighted by molar-refractivity contribution is 8.18. The van der Waals surface area contributed by atoms with Crippen LogP contribution in [-0.2, 0) is 11.3 Å². The maximum atomic E-state index is 13.0. The molecule has 4 aromatic rings. The molecule has 1 aliphatic rings. The van der Waals surface area contributed by atoms with Gasteiger partial charge in [0.25, 0.3) is 16.8 Å². The second kappa shape index (κ2) is 9.11. The minimum absolute atomic E-state index is 0.158. The molecule has 2 amide bonds. The number of imide groups is 1. The average Bonchev–Trinajstić information content (AvgIpc) is 3.44. The van der Waals surface area contributed by atoms with E-state index in [0.29, 0.717) is 11.5 Å². The highest BCUT2D eigenvalue weighted by atomic mass is 32.2. The molecule has 8 nitrogen and oxygen atoms in total. The van der Waals surface area contributed by atoms with Crippen LogP contribution in [0.4, 0.5) is 10.5 Å². The average molecular weight is 487 g/mol. The predicted molar refractivity (Wildman–Crippen MR) is 133 cm³/mol. The lowest BCUT2D eigenvalue weighted by atomic mass is 10.0. The van der Waals surface area contributed by atoms with Gasteiger partial charge in [-0.25, -0.2) is 0 Å². The van der Waals surface area contributed by atoms with E-state index in [9.17, 15) is 19.7 Å². The first-order valence-corrected chi connectivity index (χ1v) is 11.4. The van der Waals surface area contributed by atoms with Gasteiger partial charge in [-0.3, -0.25) is 24.6 Å². The number of carbonyl (C=O) groups is 2. The number of thioether (sulfide) groups is 1. The molecule has 0 bridgehead atoms. The summed E-state index contributed by atoms with van der Waals surface area (Å²) in [5, 5.41) is 13.1. The molecule has 9 heteroatoms. The third kappa shape index (κ3) is 4.29. The van der Waals surface area contributed by atoms with Gasteiger partial charge in [0, 0.05) is 6.08 Å². The number of rotatable bonds is 6. The third-order valence-corrected chi connectivity index (χ3v) is 6.56. The summed E-state index contributed by atoms with van der Waals surface area (Å²) < 4.78 is 10.8. The van der Waals surface area contributed by atoms with Gasteiger partial charge < -0.3 is 9.15 Å². The van der Waals surface area contributed by atoms with Gasteiger partial charge >= 0.3 is 0 Å². The summed E-state index contributed by atoms with van der Waals surface area (Å²) in [6.07, 6.45) is 1.48. The molecule has 174 valence electrons. The van der Waals surface area contributed by atoms with Crippen LogP contribution in [0.2, 0.25) is 0 Å². The summed E-state index contributed by atoms with van der Waals surface area (Å²) in [6.45, 7) is 0.158. The normalized spacial score (nSPS) is 14.8. The van der Waals surface area contributed by atoms with Crippen LogP contribution in [0.15, 0.2) is 82.1 Å². The SMILES string of the molecule is COc1ccc(-c2ccc(/C=C3\SC(=O)N(Cc4cccc5ccccc45)C3=O)o2)c([N+](=O)[O-])c1. The molecular formula is C26H18N2O6S. The van der Waals surface area contributed by atoms with E-state index < -0.39 is 10.8 Å². The first-order valence-electron chi connectivity index (χ1n) is 10.6. The van der Waals surface area contributed by atoms with E-state index in [1.807, 2.05) is 42.5 Å². The van der Waals surface area contributed by atoms with E-state index in [0.717, 1.165) is 28.1 Å². The van der Waals surface area contributed by atoms with Gasteiger partial charge in [-0.1, -0.05) is 42.5 Å². The van der Waals surface area contributed by atoms with Crippen molar-refractivity contribution in [1.82, 2.24) is 4.90 Å². The Bertz CT molecular complexity index is 1520. The maximum Gasteiger partial charge on any atom is 0.293 e. The summed E-state index contributed by atoms with van der Waals surface area (Å²) in [5.74, 6) is 0.509. The van der Waals surface area contributed by atoms with Crippen molar-refractivity contribution in [1.29, 1.82) is 0 Å². The van der Waals surface area contributed by atoms with E-state index in [4.69, 9.17) is 9.15 Å². The zero-order valence-corrected chi connectivity index (χ0v) is 19.3. The number of amides is 2. The van der Waals surface area contributed by atoms with Gasteiger partial charge in [0.2, 0.25) is 0 Å². The molecule has 5 rings (SSSR count). The maximum absolute atomic E-state index is 13.0. The van der Waals surface area contributed by atoms with Crippen molar-refractivity contribution in [2.75, 3.05) is 7.11 Å². The fraction of sp³-hybridized carbons (Fsp3) is 0.0769. The Labute approximate surface area is 203 Å². The van der Waals surface area contributed by atoms with Crippen molar-refractivity contribution in [3.8, 4) is 17.1 Å². The highest BCUT2D eigenvalue weighted by Crippen LogP contribution is 2.37. The largest absolute Gasteiger partial charge is 0.497 e. The first kappa shape index (κ1) is 22.4. The van der Waals surface area contributed by atoms with Crippen LogP contribution in [-0.4, -0.2) is 28.1 Å². The number of hydrogen-bond donors (Lipinski definition) is 0. The van der Waals surface area contributed by atoms with Crippen LogP contribution in [0.5, 0.6) is 5.75 Å². The van der Waals surface area contributed by atoms with Gasteiger partial charge in [-0.05, 0) is 52.4 Å². The Morgan fingerprint density at radius 1 is 1.06 bits per heavy atom. The van der Waals surface area contributed by atoms with Crippen molar-refractivity contribution in [2.24, 2.45) is 0 Å². The number of nitro groups is 1. The molecule has 0 aliphatic carbocycles. The number of fused-ring (bicyclic) bond motifs is 1. The lowest BCUT2D eigenvalue weighted by Crippen LogP contribution is -2.27. The quantitative estimate of drug-likeness (QED) is 0.180. The van der Waals surface area contributed by atoms with E-state index >= 15 is 0 Å². The molecular weight excluding hydrogens is 468 g/mol. The lowest BCUT2D eigenvalue weighted by Gasteiger charge is -2.14. The lowest BCUT2D eigenvalue weighted by molar-refractivity contribution is -0.384. The molecule has 0 spiro atoms. The van der Waals surface area contributed by atoms with Crippen molar-refractivity contribution >= 4 is 45.4 Å². The number of nitro benzene ring substituents is 1. The predicted octanol–water partition coefficient (Wildman–Crippen LogP) is 6.25. The van der Waals surface area contributed by atoms with Crippen LogP contribution < -0.4 is 4.74 Å². The molecule has 1 saturated heterocycles. The van der Waals surface area contributed by atoms with Crippen molar-refractivity contribution in [2.45, 2.75) is 6.54 Å². The first-order chi connectivity index (χ1) is 16.9. The molecule has 0 N–H and O–H groups in total. The standard InChI is InChI=1S/C26H18N2O6S/c1-33-18-9-11-21(22(13-18)28(31)32)23-12-10-19(34-23)14-24-25(29)27(26(30)35-24)15-17-7-4-6-16-5-2-3-8-20(16)17/h2-14H,15H2,1H3/b24-14-. The van der Waals surface area contributed by atoms with Crippen molar-refractivity contribution in [3.05, 3.63) is 99.1 Å². The molecule has 35 heavy (non-hydrogen) atoms. The smallest absolute Gasteiger partial charge is 0.293 e. The number of carbonyl (C=O) groups excluding carboxylic acids is 2. The van der Waals surface area contributed by atoms with Crippen LogP contribution in [0.3, 0.4) is 0 Å². The van der Waals surface area contributed by atoms with Crippen molar-refractivity contribution in [3.63, 3.8) is 0 Å². The number of methoxy groups -OCH3 is 1. The zero-order chi connectivity index (χ0) is 24.5. The fourth-order valence-electron chi connectivity index (χ4n) is 3.94. The number of ether oxygens (including phenoxy) is 1. The molecule has 0 radical (unpaired) electrons. The number of hydrogen-bond acceptors (Lipinski definition) is 7. The Morgan fingerprint density at radius 2 is 1.86 bits per heavy atom. The third-order valence-electron chi connectivity index (χ3n) is 5.65. The Balaban J connectivity index is 1.41. The highest BCUT2D eigenvalue weighted by Gasteiger charge is 2.35. The van der Waals surface area contributed by atoms with Gasteiger partial charge in [0.1, 0.15) is 17.3 Å². The van der Waals surface area contributed by atoms with E-state index in [1.54, 1.807) is 18.2 Å². The monoisotopic (exact) mass is 486 g/mol. The van der Waals surface area contributed by atoms with E-state index in [-0.39, 0.29) is 33.7 Å². The Morgan fingerprint density at radius 3 is 2.66 bits per heavy atom. The van der Waals surface area contributed by atoms with Crippen LogP contribution in [0.25, 0.3) is 28.2 Å². The van der Waals surface area contributed by atoms with Crippen molar-refractivity contribution < 1.29 is 23.7 Å². The van der Waals surface area contributed by atoms with E-state index in [1.165, 1.54) is 30.2 Å². The van der Waals surface area contributed by atoms with Crippen LogP contribution in [0.1, 0.15) is 11.3 Å². The van der Waals surface area contributed by atoms with E-state index in [2.05, 4.69) is 0 Å². The summed E-state index contributed by atoms with van der Waals surface area (Å²) in [4.78, 5) is 38.1. The van der Waals surface area contributed by atoms with Crippen LogP contribution >= 0.6 is 11.8 Å². The van der Waals surface area contributed by atoms with Gasteiger partial charge in [0.05, 0.1) is 35.1 Å². The summed E-state index contributed by atoms with van der Waals surface area (Å²) >= 11 is 0.833. The van der Waals surface area contributed by atoms with Gasteiger partial charge in [-0.15, -0.1) is 0 Å². The molecule has 1 aromatic heterocycles.